The number of carbonyl (C=O) groups is 1. The van der Waals surface area contributed by atoms with Crippen molar-refractivity contribution in [3.05, 3.63) is 58.7 Å². The van der Waals surface area contributed by atoms with E-state index in [9.17, 15) is 4.79 Å². The van der Waals surface area contributed by atoms with Gasteiger partial charge in [0.15, 0.2) is 11.5 Å². The van der Waals surface area contributed by atoms with Crippen molar-refractivity contribution in [3.63, 3.8) is 0 Å². The number of benzene rings is 2. The van der Waals surface area contributed by atoms with Crippen LogP contribution in [0.4, 0.5) is 0 Å². The van der Waals surface area contributed by atoms with E-state index in [-0.39, 0.29) is 11.9 Å². The smallest absolute Gasteiger partial charge is 0.254 e. The van der Waals surface area contributed by atoms with E-state index in [1.807, 2.05) is 42.2 Å². The molecule has 0 N–H and O–H groups in total. The molecule has 1 aliphatic heterocycles. The van der Waals surface area contributed by atoms with Crippen LogP contribution in [-0.4, -0.2) is 31.6 Å². The lowest BCUT2D eigenvalue weighted by atomic mass is 9.85. The first-order chi connectivity index (χ1) is 12.5. The Labute approximate surface area is 155 Å². The topological polar surface area (TPSA) is 38.8 Å². The van der Waals surface area contributed by atoms with Crippen LogP contribution < -0.4 is 9.47 Å². The second-order valence-electron chi connectivity index (χ2n) is 7.16. The fraction of sp³-hybridized carbons (Fsp3) is 0.409. The molecule has 2 aromatic rings. The van der Waals surface area contributed by atoms with Crippen molar-refractivity contribution in [1.82, 2.24) is 4.90 Å². The van der Waals surface area contributed by atoms with E-state index in [1.165, 1.54) is 5.56 Å². The lowest BCUT2D eigenvalue weighted by molar-refractivity contribution is 0.0602. The molecule has 1 amide bonds. The molecular formula is C22H27NO3. The monoisotopic (exact) mass is 353 g/mol. The van der Waals surface area contributed by atoms with Gasteiger partial charge in [0, 0.05) is 12.1 Å². The quantitative estimate of drug-likeness (QED) is 0.817. The summed E-state index contributed by atoms with van der Waals surface area (Å²) in [5, 5.41) is 0. The largest absolute Gasteiger partial charge is 0.493 e. The molecule has 4 heteroatoms. The molecule has 0 aliphatic carbocycles. The Morgan fingerprint density at radius 1 is 1.12 bits per heavy atom. The Balaban J connectivity index is 2.05. The number of methoxy groups -OCH3 is 2. The summed E-state index contributed by atoms with van der Waals surface area (Å²) in [5.74, 6) is 1.84. The van der Waals surface area contributed by atoms with E-state index >= 15 is 0 Å². The first kappa shape index (κ1) is 18.3. The van der Waals surface area contributed by atoms with Gasteiger partial charge in [-0.25, -0.2) is 0 Å². The summed E-state index contributed by atoms with van der Waals surface area (Å²) >= 11 is 0. The molecular weight excluding hydrogens is 326 g/mol. The van der Waals surface area contributed by atoms with Gasteiger partial charge in [-0.1, -0.05) is 32.0 Å². The van der Waals surface area contributed by atoms with Gasteiger partial charge >= 0.3 is 0 Å². The van der Waals surface area contributed by atoms with E-state index in [4.69, 9.17) is 9.47 Å². The summed E-state index contributed by atoms with van der Waals surface area (Å²) in [6.07, 6.45) is 0.816. The summed E-state index contributed by atoms with van der Waals surface area (Å²) in [5.41, 5.74) is 4.18. The molecule has 1 atom stereocenters. The molecule has 0 saturated heterocycles. The zero-order valence-electron chi connectivity index (χ0n) is 16.2. The predicted octanol–water partition coefficient (Wildman–Crippen LogP) is 4.41. The average Bonchev–Trinajstić information content (AvgIpc) is 2.65. The van der Waals surface area contributed by atoms with Crippen LogP contribution in [0.5, 0.6) is 11.5 Å². The van der Waals surface area contributed by atoms with Crippen LogP contribution in [0.1, 0.15) is 46.9 Å². The van der Waals surface area contributed by atoms with Crippen LogP contribution in [-0.2, 0) is 6.42 Å². The SMILES string of the molecule is COc1cc2c(cc1OC)[C@H](C(C)C)N(C(=O)c1ccccc1C)CC2. The van der Waals surface area contributed by atoms with Gasteiger partial charge in [-0.15, -0.1) is 0 Å². The van der Waals surface area contributed by atoms with Gasteiger partial charge in [-0.05, 0) is 54.2 Å². The zero-order valence-corrected chi connectivity index (χ0v) is 16.2. The van der Waals surface area contributed by atoms with Crippen LogP contribution in [0.15, 0.2) is 36.4 Å². The summed E-state index contributed by atoms with van der Waals surface area (Å²) < 4.78 is 11.0. The second kappa shape index (κ2) is 7.40. The van der Waals surface area contributed by atoms with E-state index in [0.29, 0.717) is 18.2 Å². The first-order valence-electron chi connectivity index (χ1n) is 9.09. The minimum absolute atomic E-state index is 0.0191. The normalized spacial score (nSPS) is 16.4. The Morgan fingerprint density at radius 3 is 2.38 bits per heavy atom. The zero-order chi connectivity index (χ0) is 18.8. The fourth-order valence-electron chi connectivity index (χ4n) is 3.89. The molecule has 0 spiro atoms. The third-order valence-corrected chi connectivity index (χ3v) is 5.19. The van der Waals surface area contributed by atoms with Crippen LogP contribution in [0, 0.1) is 12.8 Å². The van der Waals surface area contributed by atoms with Crippen molar-refractivity contribution in [2.24, 2.45) is 5.92 Å². The number of rotatable bonds is 4. The van der Waals surface area contributed by atoms with E-state index < -0.39 is 0 Å². The third-order valence-electron chi connectivity index (χ3n) is 5.19. The van der Waals surface area contributed by atoms with Crippen LogP contribution in [0.3, 0.4) is 0 Å². The summed E-state index contributed by atoms with van der Waals surface area (Å²) in [6, 6.07) is 11.9. The Kier molecular flexibility index (Phi) is 5.21. The van der Waals surface area contributed by atoms with Gasteiger partial charge in [-0.3, -0.25) is 4.79 Å². The molecule has 0 bridgehead atoms. The third kappa shape index (κ3) is 3.16. The molecule has 1 aliphatic rings. The molecule has 0 aromatic heterocycles. The minimum atomic E-state index is 0.0191. The van der Waals surface area contributed by atoms with Crippen molar-refractivity contribution in [2.45, 2.75) is 33.2 Å². The van der Waals surface area contributed by atoms with Gasteiger partial charge in [0.2, 0.25) is 0 Å². The van der Waals surface area contributed by atoms with E-state index in [2.05, 4.69) is 19.9 Å². The Bertz CT molecular complexity index is 813. The molecule has 3 rings (SSSR count). The maximum Gasteiger partial charge on any atom is 0.254 e. The number of nitrogens with zero attached hydrogens (tertiary/aromatic N) is 1. The predicted molar refractivity (Wildman–Crippen MR) is 103 cm³/mol. The van der Waals surface area contributed by atoms with Gasteiger partial charge in [0.05, 0.1) is 20.3 Å². The number of amides is 1. The number of carbonyl (C=O) groups excluding carboxylic acids is 1. The summed E-state index contributed by atoms with van der Waals surface area (Å²) in [4.78, 5) is 15.3. The van der Waals surface area contributed by atoms with Crippen molar-refractivity contribution in [2.75, 3.05) is 20.8 Å². The molecule has 1 heterocycles. The maximum atomic E-state index is 13.3. The van der Waals surface area contributed by atoms with Gasteiger partial charge in [0.25, 0.3) is 5.91 Å². The van der Waals surface area contributed by atoms with Crippen molar-refractivity contribution >= 4 is 5.91 Å². The first-order valence-corrected chi connectivity index (χ1v) is 9.09. The highest BCUT2D eigenvalue weighted by Crippen LogP contribution is 2.41. The lowest BCUT2D eigenvalue weighted by Crippen LogP contribution is -2.42. The van der Waals surface area contributed by atoms with Crippen LogP contribution in [0.25, 0.3) is 0 Å². The molecule has 0 saturated carbocycles. The van der Waals surface area contributed by atoms with Gasteiger partial charge in [0.1, 0.15) is 0 Å². The van der Waals surface area contributed by atoms with Crippen molar-refractivity contribution in [1.29, 1.82) is 0 Å². The number of hydrogen-bond donors (Lipinski definition) is 0. The average molecular weight is 353 g/mol. The van der Waals surface area contributed by atoms with Gasteiger partial charge < -0.3 is 14.4 Å². The number of aryl methyl sites for hydroxylation is 1. The molecule has 4 nitrogen and oxygen atoms in total. The van der Waals surface area contributed by atoms with E-state index in [1.54, 1.807) is 14.2 Å². The molecule has 0 radical (unpaired) electrons. The summed E-state index contributed by atoms with van der Waals surface area (Å²) in [7, 11) is 3.30. The molecule has 0 unspecified atom stereocenters. The number of fused-ring (bicyclic) bond motifs is 1. The van der Waals surface area contributed by atoms with E-state index in [0.717, 1.165) is 28.9 Å². The molecule has 138 valence electrons. The highest BCUT2D eigenvalue weighted by molar-refractivity contribution is 5.96. The van der Waals surface area contributed by atoms with Crippen LogP contribution in [0.2, 0.25) is 0 Å². The Morgan fingerprint density at radius 2 is 1.77 bits per heavy atom. The molecule has 2 aromatic carbocycles. The van der Waals surface area contributed by atoms with Gasteiger partial charge in [-0.2, -0.15) is 0 Å². The number of hydrogen-bond acceptors (Lipinski definition) is 3. The molecule has 0 fully saturated rings. The highest BCUT2D eigenvalue weighted by Gasteiger charge is 2.34. The van der Waals surface area contributed by atoms with Crippen LogP contribution >= 0.6 is 0 Å². The standard InChI is InChI=1S/C22H27NO3/c1-14(2)21-18-13-20(26-5)19(25-4)12-16(18)10-11-23(21)22(24)17-9-7-6-8-15(17)3/h6-9,12-14,21H,10-11H2,1-5H3/t21-/m0/s1. The lowest BCUT2D eigenvalue weighted by Gasteiger charge is -2.40. The highest BCUT2D eigenvalue weighted by atomic mass is 16.5. The maximum absolute atomic E-state index is 13.3. The number of ether oxygens (including phenoxy) is 2. The minimum Gasteiger partial charge on any atom is -0.493 e. The second-order valence-corrected chi connectivity index (χ2v) is 7.16. The summed E-state index contributed by atoms with van der Waals surface area (Å²) in [6.45, 7) is 7.02. The molecule has 26 heavy (non-hydrogen) atoms. The fourth-order valence-corrected chi connectivity index (χ4v) is 3.89. The van der Waals surface area contributed by atoms with Crippen molar-refractivity contribution < 1.29 is 14.3 Å². The van der Waals surface area contributed by atoms with Crippen molar-refractivity contribution in [3.8, 4) is 11.5 Å². The Hall–Kier alpha value is -2.49.